The van der Waals surface area contributed by atoms with Gasteiger partial charge in [0.1, 0.15) is 18.2 Å². The summed E-state index contributed by atoms with van der Waals surface area (Å²) in [5.41, 5.74) is 4.52. The van der Waals surface area contributed by atoms with Crippen LogP contribution >= 0.6 is 0 Å². The molecule has 2 N–H and O–H groups in total. The van der Waals surface area contributed by atoms with Crippen LogP contribution in [0.3, 0.4) is 0 Å². The zero-order valence-electron chi connectivity index (χ0n) is 23.6. The molecule has 0 spiro atoms. The summed E-state index contributed by atoms with van der Waals surface area (Å²) in [4.78, 5) is 26.2. The minimum atomic E-state index is -0.186. The number of fused-ring (bicyclic) bond motifs is 2. The number of hydrogen-bond donors (Lipinski definition) is 2. The molecule has 4 aromatic rings. The molecule has 0 fully saturated rings. The van der Waals surface area contributed by atoms with Crippen LogP contribution in [-0.2, 0) is 16.1 Å². The van der Waals surface area contributed by atoms with E-state index >= 15 is 0 Å². The number of nitrogens with zero attached hydrogens (tertiary/aromatic N) is 3. The number of hydrogen-bond acceptors (Lipinski definition) is 9. The van der Waals surface area contributed by atoms with Gasteiger partial charge in [0.2, 0.25) is 0 Å². The van der Waals surface area contributed by atoms with Crippen molar-refractivity contribution in [2.75, 3.05) is 39.4 Å². The highest BCUT2D eigenvalue weighted by atomic mass is 16.5. The summed E-state index contributed by atoms with van der Waals surface area (Å²) < 4.78 is 22.4. The lowest BCUT2D eigenvalue weighted by Gasteiger charge is -2.16. The molecule has 3 aromatic carbocycles. The third-order valence-corrected chi connectivity index (χ3v) is 6.34. The molecule has 0 saturated heterocycles. The predicted octanol–water partition coefficient (Wildman–Crippen LogP) is 4.91. The summed E-state index contributed by atoms with van der Waals surface area (Å²) in [6, 6.07) is 17.2. The average molecular weight is 556 g/mol. The Labute approximate surface area is 238 Å². The van der Waals surface area contributed by atoms with E-state index in [1.54, 1.807) is 20.3 Å². The van der Waals surface area contributed by atoms with Crippen LogP contribution < -0.4 is 24.8 Å². The number of anilines is 2. The average Bonchev–Trinajstić information content (AvgIpc) is 3.44. The standard InChI is InChI=1S/C31H33N5O5/c1-19(2)33-29(37)18-41-24-7-5-6-20(13-24)30-35-26-15-27(39-4)28(40-11-10-38-3)14-25(26)31(36-30)34-23-9-8-21-16-32-17-22(21)12-23/h5-9,12-15,17,19H,10-11,16,18H2,1-4H3,(H,33,37)(H,34,35,36). The fraction of sp³-hybridized carbons (Fsp3) is 0.290. The van der Waals surface area contributed by atoms with E-state index in [9.17, 15) is 4.79 Å². The molecule has 212 valence electrons. The van der Waals surface area contributed by atoms with Crippen molar-refractivity contribution in [2.45, 2.75) is 26.4 Å². The van der Waals surface area contributed by atoms with Gasteiger partial charge < -0.3 is 29.6 Å². The maximum atomic E-state index is 12.1. The van der Waals surface area contributed by atoms with Gasteiger partial charge in [-0.2, -0.15) is 0 Å². The van der Waals surface area contributed by atoms with Crippen LogP contribution in [0.2, 0.25) is 0 Å². The topological polar surface area (TPSA) is 116 Å². The molecule has 2 heterocycles. The molecule has 0 saturated carbocycles. The maximum Gasteiger partial charge on any atom is 0.258 e. The Kier molecular flexibility index (Phi) is 8.59. The third-order valence-electron chi connectivity index (χ3n) is 6.34. The molecule has 0 unspecified atom stereocenters. The summed E-state index contributed by atoms with van der Waals surface area (Å²) in [7, 11) is 3.22. The lowest BCUT2D eigenvalue weighted by Crippen LogP contribution is -2.34. The van der Waals surface area contributed by atoms with Gasteiger partial charge in [0.05, 0.1) is 25.8 Å². The van der Waals surface area contributed by atoms with Crippen LogP contribution in [0, 0.1) is 0 Å². The highest BCUT2D eigenvalue weighted by Gasteiger charge is 2.17. The Morgan fingerprint density at radius 3 is 2.66 bits per heavy atom. The van der Waals surface area contributed by atoms with Gasteiger partial charge in [-0.25, -0.2) is 9.97 Å². The van der Waals surface area contributed by atoms with Gasteiger partial charge in [0.25, 0.3) is 5.91 Å². The minimum absolute atomic E-state index is 0.0372. The fourth-order valence-electron chi connectivity index (χ4n) is 4.42. The Morgan fingerprint density at radius 2 is 1.85 bits per heavy atom. The second kappa shape index (κ2) is 12.6. The van der Waals surface area contributed by atoms with Crippen LogP contribution in [0.25, 0.3) is 22.3 Å². The van der Waals surface area contributed by atoms with Crippen LogP contribution in [0.4, 0.5) is 11.5 Å². The molecular formula is C31H33N5O5. The molecule has 0 bridgehead atoms. The Balaban J connectivity index is 1.53. The normalized spacial score (nSPS) is 11.9. The molecule has 41 heavy (non-hydrogen) atoms. The van der Waals surface area contributed by atoms with Crippen molar-refractivity contribution in [2.24, 2.45) is 4.99 Å². The molecule has 0 atom stereocenters. The zero-order chi connectivity index (χ0) is 28.8. The van der Waals surface area contributed by atoms with Crippen molar-refractivity contribution in [1.82, 2.24) is 15.3 Å². The highest BCUT2D eigenvalue weighted by Crippen LogP contribution is 2.37. The van der Waals surface area contributed by atoms with E-state index in [1.807, 2.05) is 56.5 Å². The monoisotopic (exact) mass is 555 g/mol. The van der Waals surface area contributed by atoms with Gasteiger partial charge in [0.15, 0.2) is 23.9 Å². The first-order chi connectivity index (χ1) is 19.9. The van der Waals surface area contributed by atoms with Gasteiger partial charge in [0, 0.05) is 42.1 Å². The van der Waals surface area contributed by atoms with Crippen molar-refractivity contribution in [1.29, 1.82) is 0 Å². The number of ether oxygens (including phenoxy) is 4. The number of carbonyl (C=O) groups excluding carboxylic acids is 1. The summed E-state index contributed by atoms with van der Waals surface area (Å²) in [6.07, 6.45) is 1.88. The first-order valence-electron chi connectivity index (χ1n) is 13.4. The maximum absolute atomic E-state index is 12.1. The SMILES string of the molecule is COCCOc1cc2c(Nc3ccc4c(c3)C=NC4)nc(-c3cccc(OCC(=O)NC(C)C)c3)nc2cc1OC. The van der Waals surface area contributed by atoms with Crippen LogP contribution in [-0.4, -0.2) is 62.2 Å². The van der Waals surface area contributed by atoms with E-state index in [4.69, 9.17) is 28.9 Å². The molecule has 1 aromatic heterocycles. The van der Waals surface area contributed by atoms with Crippen LogP contribution in [0.15, 0.2) is 59.6 Å². The van der Waals surface area contributed by atoms with Gasteiger partial charge >= 0.3 is 0 Å². The minimum Gasteiger partial charge on any atom is -0.493 e. The fourth-order valence-corrected chi connectivity index (χ4v) is 4.42. The second-order valence-electron chi connectivity index (χ2n) is 9.80. The van der Waals surface area contributed by atoms with Crippen molar-refractivity contribution >= 4 is 34.5 Å². The van der Waals surface area contributed by atoms with Crippen molar-refractivity contribution in [3.8, 4) is 28.6 Å². The zero-order valence-corrected chi connectivity index (χ0v) is 23.6. The number of aliphatic imine (C=N–C) groups is 1. The van der Waals surface area contributed by atoms with Crippen molar-refractivity contribution in [3.05, 3.63) is 65.7 Å². The van der Waals surface area contributed by atoms with E-state index < -0.39 is 0 Å². The van der Waals surface area contributed by atoms with Crippen LogP contribution in [0.5, 0.6) is 17.2 Å². The lowest BCUT2D eigenvalue weighted by atomic mass is 10.1. The third kappa shape index (κ3) is 6.72. The molecule has 1 aliphatic rings. The first kappa shape index (κ1) is 27.9. The number of amides is 1. The van der Waals surface area contributed by atoms with Crippen LogP contribution in [0.1, 0.15) is 25.0 Å². The molecule has 5 rings (SSSR count). The number of nitrogens with one attached hydrogen (secondary N) is 2. The Bertz CT molecular complexity index is 1590. The summed E-state index contributed by atoms with van der Waals surface area (Å²) in [5.74, 6) is 2.54. The van der Waals surface area contributed by atoms with Gasteiger partial charge in [-0.1, -0.05) is 18.2 Å². The van der Waals surface area contributed by atoms with Gasteiger partial charge in [-0.15, -0.1) is 0 Å². The van der Waals surface area contributed by atoms with E-state index in [1.165, 1.54) is 5.56 Å². The molecule has 1 aliphatic heterocycles. The summed E-state index contributed by atoms with van der Waals surface area (Å²) >= 11 is 0. The molecule has 10 heteroatoms. The summed E-state index contributed by atoms with van der Waals surface area (Å²) in [6.45, 7) is 5.22. The quantitative estimate of drug-likeness (QED) is 0.237. The van der Waals surface area contributed by atoms with Gasteiger partial charge in [-0.05, 0) is 55.3 Å². The smallest absolute Gasteiger partial charge is 0.258 e. The number of aromatic nitrogens is 2. The predicted molar refractivity (Wildman–Crippen MR) is 159 cm³/mol. The number of benzene rings is 3. The first-order valence-corrected chi connectivity index (χ1v) is 13.4. The van der Waals surface area contributed by atoms with E-state index in [0.29, 0.717) is 54.2 Å². The number of carbonyl (C=O) groups is 1. The van der Waals surface area contributed by atoms with Gasteiger partial charge in [-0.3, -0.25) is 9.79 Å². The molecular weight excluding hydrogens is 522 g/mol. The largest absolute Gasteiger partial charge is 0.493 e. The second-order valence-corrected chi connectivity index (χ2v) is 9.80. The van der Waals surface area contributed by atoms with E-state index in [-0.39, 0.29) is 18.6 Å². The summed E-state index contributed by atoms with van der Waals surface area (Å²) in [5, 5.41) is 7.05. The molecule has 0 radical (unpaired) electrons. The molecule has 10 nitrogen and oxygen atoms in total. The molecule has 0 aliphatic carbocycles. The lowest BCUT2D eigenvalue weighted by molar-refractivity contribution is -0.123. The van der Waals surface area contributed by atoms with E-state index in [2.05, 4.69) is 27.8 Å². The van der Waals surface area contributed by atoms with E-state index in [0.717, 1.165) is 22.2 Å². The van der Waals surface area contributed by atoms with Crippen molar-refractivity contribution < 1.29 is 23.7 Å². The van der Waals surface area contributed by atoms with Crippen molar-refractivity contribution in [3.63, 3.8) is 0 Å². The molecule has 1 amide bonds. The Hall–Kier alpha value is -4.70. The highest BCUT2D eigenvalue weighted by molar-refractivity contribution is 5.95. The number of rotatable bonds is 12. The number of methoxy groups -OCH3 is 2. The Morgan fingerprint density at radius 1 is 0.976 bits per heavy atom.